The molecule has 1 heteroatoms. The summed E-state index contributed by atoms with van der Waals surface area (Å²) in [5.74, 6) is 1.15. The van der Waals surface area contributed by atoms with E-state index in [2.05, 4.69) is 13.6 Å². The van der Waals surface area contributed by atoms with Crippen LogP contribution in [0, 0.1) is 5.92 Å². The maximum atomic E-state index is 2.61. The van der Waals surface area contributed by atoms with E-state index in [1.807, 2.05) is 0 Å². The highest BCUT2D eigenvalue weighted by molar-refractivity contribution is 7.76. The molecule has 0 nitrogen and oxygen atoms in total. The zero-order valence-electron chi connectivity index (χ0n) is 7.14. The normalized spacial score (nSPS) is 53.4. The molecular weight excluding hydrogens is 139 g/mol. The van der Waals surface area contributed by atoms with Gasteiger partial charge in [0.2, 0.25) is 0 Å². The molecule has 0 aliphatic carbocycles. The molecule has 3 atom stereocenters. The Bertz CT molecular complexity index is 144. The second-order valence-corrected chi connectivity index (χ2v) is 9.13. The molecule has 0 spiro atoms. The van der Waals surface area contributed by atoms with E-state index in [1.54, 1.807) is 31.6 Å². The van der Waals surface area contributed by atoms with Gasteiger partial charge in [-0.15, -0.1) is 0 Å². The van der Waals surface area contributed by atoms with E-state index in [9.17, 15) is 0 Å². The third-order valence-corrected chi connectivity index (χ3v) is 8.72. The maximum Gasteiger partial charge on any atom is 0.0671 e. The van der Waals surface area contributed by atoms with Crippen molar-refractivity contribution in [3.8, 4) is 0 Å². The molecule has 2 fully saturated rings. The molecule has 0 aromatic carbocycles. The minimum Gasteiger partial charge on any atom is -0.0434 e. The predicted molar refractivity (Wildman–Crippen MR) is 49.4 cm³/mol. The van der Waals surface area contributed by atoms with Crippen molar-refractivity contribution in [1.29, 1.82) is 0 Å². The van der Waals surface area contributed by atoms with Crippen molar-refractivity contribution in [2.75, 3.05) is 19.0 Å². The van der Waals surface area contributed by atoms with E-state index in [1.165, 1.54) is 0 Å². The number of hydrogen-bond acceptors (Lipinski definition) is 0. The Kier molecular flexibility index (Phi) is 1.57. The topological polar surface area (TPSA) is 0 Å². The molecule has 2 aliphatic rings. The first-order valence-electron chi connectivity index (χ1n) is 4.55. The van der Waals surface area contributed by atoms with Crippen LogP contribution in [0.25, 0.3) is 0 Å². The van der Waals surface area contributed by atoms with Gasteiger partial charge in [-0.1, -0.05) is 0 Å². The van der Waals surface area contributed by atoms with Crippen molar-refractivity contribution in [3.05, 3.63) is 0 Å². The standard InChI is InChI=1S/C9H18P/c1-8-6-9-4-3-5-10(8,2)7-9/h8-9H,3-7H2,1-2H3/q+1/t8-,9-,10?/m1/s1. The highest BCUT2D eigenvalue weighted by Gasteiger charge is 2.49. The summed E-state index contributed by atoms with van der Waals surface area (Å²) in [6.45, 7) is 5.11. The lowest BCUT2D eigenvalue weighted by Gasteiger charge is -2.25. The number of hydrogen-bond donors (Lipinski definition) is 0. The van der Waals surface area contributed by atoms with Crippen LogP contribution in [-0.4, -0.2) is 24.6 Å². The zero-order valence-corrected chi connectivity index (χ0v) is 8.03. The van der Waals surface area contributed by atoms with Gasteiger partial charge >= 0.3 is 0 Å². The molecule has 2 aliphatic heterocycles. The minimum atomic E-state index is -0.361. The van der Waals surface area contributed by atoms with Crippen LogP contribution in [0.15, 0.2) is 0 Å². The zero-order chi connectivity index (χ0) is 7.19. The summed E-state index contributed by atoms with van der Waals surface area (Å²) in [4.78, 5) is 0. The van der Waals surface area contributed by atoms with Crippen molar-refractivity contribution in [1.82, 2.24) is 0 Å². The summed E-state index contributed by atoms with van der Waals surface area (Å²) in [7, 11) is -0.361. The van der Waals surface area contributed by atoms with Crippen LogP contribution in [0.3, 0.4) is 0 Å². The molecule has 10 heavy (non-hydrogen) atoms. The van der Waals surface area contributed by atoms with Gasteiger partial charge in [-0.3, -0.25) is 0 Å². The fourth-order valence-electron chi connectivity index (χ4n) is 2.84. The minimum absolute atomic E-state index is 0.361. The van der Waals surface area contributed by atoms with Gasteiger partial charge in [0.05, 0.1) is 18.0 Å². The van der Waals surface area contributed by atoms with E-state index >= 15 is 0 Å². The van der Waals surface area contributed by atoms with Gasteiger partial charge in [0.1, 0.15) is 0 Å². The van der Waals surface area contributed by atoms with Crippen LogP contribution < -0.4 is 0 Å². The van der Waals surface area contributed by atoms with Gasteiger partial charge in [-0.2, -0.15) is 0 Å². The Balaban J connectivity index is 2.18. The maximum absolute atomic E-state index is 2.61. The molecule has 2 saturated heterocycles. The van der Waals surface area contributed by atoms with Crippen LogP contribution in [0.4, 0.5) is 0 Å². The summed E-state index contributed by atoms with van der Waals surface area (Å²) < 4.78 is 0. The highest BCUT2D eigenvalue weighted by Crippen LogP contribution is 2.70. The van der Waals surface area contributed by atoms with Crippen LogP contribution in [-0.2, 0) is 0 Å². The van der Waals surface area contributed by atoms with Crippen LogP contribution in [0.5, 0.6) is 0 Å². The molecule has 0 amide bonds. The van der Waals surface area contributed by atoms with Gasteiger partial charge in [-0.05, 0) is 32.1 Å². The molecule has 0 radical (unpaired) electrons. The Morgan fingerprint density at radius 2 is 2.20 bits per heavy atom. The van der Waals surface area contributed by atoms with Crippen molar-refractivity contribution in [2.24, 2.45) is 5.92 Å². The molecule has 2 rings (SSSR count). The van der Waals surface area contributed by atoms with E-state index in [0.717, 1.165) is 11.6 Å². The first-order valence-corrected chi connectivity index (χ1v) is 7.22. The Labute approximate surface area is 64.7 Å². The summed E-state index contributed by atoms with van der Waals surface area (Å²) >= 11 is 0. The van der Waals surface area contributed by atoms with E-state index in [-0.39, 0.29) is 7.26 Å². The lowest BCUT2D eigenvalue weighted by molar-refractivity contribution is 0.515. The average molecular weight is 157 g/mol. The molecule has 1 unspecified atom stereocenters. The van der Waals surface area contributed by atoms with Crippen LogP contribution >= 0.6 is 7.26 Å². The summed E-state index contributed by atoms with van der Waals surface area (Å²) in [6.07, 6.45) is 7.95. The van der Waals surface area contributed by atoms with Gasteiger partial charge < -0.3 is 0 Å². The van der Waals surface area contributed by atoms with Crippen molar-refractivity contribution >= 4 is 7.26 Å². The lowest BCUT2D eigenvalue weighted by atomic mass is 10.0. The molecule has 2 heterocycles. The SMILES string of the molecule is C[C@@H]1C[C@H]2CCC[P+]1(C)C2. The third-order valence-electron chi connectivity index (χ3n) is 3.70. The summed E-state index contributed by atoms with van der Waals surface area (Å²) in [5, 5.41) is 0. The second-order valence-electron chi connectivity index (χ2n) is 4.48. The fourth-order valence-corrected chi connectivity index (χ4v) is 7.05. The van der Waals surface area contributed by atoms with E-state index in [0.29, 0.717) is 0 Å². The van der Waals surface area contributed by atoms with Crippen molar-refractivity contribution < 1.29 is 0 Å². The van der Waals surface area contributed by atoms with Crippen LogP contribution in [0.1, 0.15) is 26.2 Å². The monoisotopic (exact) mass is 157 g/mol. The fraction of sp³-hybridized carbons (Fsp3) is 1.00. The predicted octanol–water partition coefficient (Wildman–Crippen LogP) is 2.84. The number of fused-ring (bicyclic) bond motifs is 2. The van der Waals surface area contributed by atoms with Gasteiger partial charge in [0.25, 0.3) is 0 Å². The first-order chi connectivity index (χ1) is 4.71. The Hall–Kier alpha value is 0.430. The smallest absolute Gasteiger partial charge is 0.0434 e. The van der Waals surface area contributed by atoms with E-state index in [4.69, 9.17) is 0 Å². The third kappa shape index (κ3) is 0.925. The first kappa shape index (κ1) is 7.10. The molecule has 0 N–H and O–H groups in total. The highest BCUT2D eigenvalue weighted by atomic mass is 31.2. The van der Waals surface area contributed by atoms with Crippen molar-refractivity contribution in [3.63, 3.8) is 0 Å². The largest absolute Gasteiger partial charge is 0.0671 e. The molecule has 0 aromatic rings. The van der Waals surface area contributed by atoms with Crippen molar-refractivity contribution in [2.45, 2.75) is 31.8 Å². The summed E-state index contributed by atoms with van der Waals surface area (Å²) in [6, 6.07) is 0. The average Bonchev–Trinajstić information content (AvgIpc) is 2.04. The molecule has 0 saturated carbocycles. The lowest BCUT2D eigenvalue weighted by Crippen LogP contribution is -2.11. The van der Waals surface area contributed by atoms with E-state index < -0.39 is 0 Å². The molecule has 0 aromatic heterocycles. The van der Waals surface area contributed by atoms with Gasteiger partial charge in [0.15, 0.2) is 0 Å². The molecular formula is C9H18P+. The van der Waals surface area contributed by atoms with Crippen LogP contribution in [0.2, 0.25) is 0 Å². The Morgan fingerprint density at radius 3 is 2.80 bits per heavy atom. The van der Waals surface area contributed by atoms with Gasteiger partial charge in [-0.25, -0.2) is 0 Å². The summed E-state index contributed by atoms with van der Waals surface area (Å²) in [5.41, 5.74) is 1.12. The second kappa shape index (κ2) is 2.21. The van der Waals surface area contributed by atoms with Gasteiger partial charge in [0, 0.05) is 13.9 Å². The molecule has 2 bridgehead atoms. The quantitative estimate of drug-likeness (QED) is 0.474. The molecule has 58 valence electrons. The number of rotatable bonds is 0. The Morgan fingerprint density at radius 1 is 1.40 bits per heavy atom.